The van der Waals surface area contributed by atoms with Gasteiger partial charge in [-0.15, -0.1) is 0 Å². The number of alkyl carbamates (subject to hydrolysis) is 1. The van der Waals surface area contributed by atoms with Crippen LogP contribution in [0.15, 0.2) is 18.2 Å². The van der Waals surface area contributed by atoms with Crippen LogP contribution < -0.4 is 10.2 Å². The average Bonchev–Trinajstić information content (AvgIpc) is 2.78. The maximum Gasteiger partial charge on any atom is 0.407 e. The van der Waals surface area contributed by atoms with Crippen LogP contribution in [0.5, 0.6) is 0 Å². The molecule has 1 heterocycles. The molecule has 4 nitrogen and oxygen atoms in total. The monoisotopic (exact) mass is 294 g/mol. The molecule has 1 fully saturated rings. The second kappa shape index (κ2) is 5.92. The molecule has 2 rings (SSSR count). The Hall–Kier alpha value is -1.78. The SMILES string of the molecule is Cc1ccc(N2CC[C@@H](NC(=O)OC(C)(C)C)C2)cc1F. The molecule has 0 saturated carbocycles. The van der Waals surface area contributed by atoms with Crippen LogP contribution in [-0.2, 0) is 4.74 Å². The molecule has 0 aromatic heterocycles. The van der Waals surface area contributed by atoms with E-state index in [0.717, 1.165) is 18.7 Å². The van der Waals surface area contributed by atoms with Gasteiger partial charge in [0.1, 0.15) is 11.4 Å². The Balaban J connectivity index is 1.91. The number of nitrogens with zero attached hydrogens (tertiary/aromatic N) is 1. The Morgan fingerprint density at radius 3 is 2.76 bits per heavy atom. The molecule has 0 aliphatic carbocycles. The summed E-state index contributed by atoms with van der Waals surface area (Å²) < 4.78 is 18.9. The van der Waals surface area contributed by atoms with Crippen LogP contribution in [0, 0.1) is 12.7 Å². The van der Waals surface area contributed by atoms with Gasteiger partial charge in [-0.2, -0.15) is 0 Å². The van der Waals surface area contributed by atoms with Crippen molar-refractivity contribution in [2.24, 2.45) is 0 Å². The lowest BCUT2D eigenvalue weighted by molar-refractivity contribution is 0.0509. The third-order valence-electron chi connectivity index (χ3n) is 3.43. The van der Waals surface area contributed by atoms with Crippen LogP contribution in [0.3, 0.4) is 0 Å². The van der Waals surface area contributed by atoms with E-state index in [1.54, 1.807) is 19.1 Å². The van der Waals surface area contributed by atoms with E-state index in [9.17, 15) is 9.18 Å². The van der Waals surface area contributed by atoms with Crippen molar-refractivity contribution in [1.82, 2.24) is 5.32 Å². The van der Waals surface area contributed by atoms with E-state index in [1.165, 1.54) is 0 Å². The molecule has 116 valence electrons. The van der Waals surface area contributed by atoms with Gasteiger partial charge in [0, 0.05) is 18.8 Å². The van der Waals surface area contributed by atoms with Crippen molar-refractivity contribution in [3.05, 3.63) is 29.6 Å². The lowest BCUT2D eigenvalue weighted by Crippen LogP contribution is -2.40. The van der Waals surface area contributed by atoms with E-state index in [4.69, 9.17) is 4.74 Å². The van der Waals surface area contributed by atoms with Crippen molar-refractivity contribution in [2.75, 3.05) is 18.0 Å². The van der Waals surface area contributed by atoms with Crippen LogP contribution in [0.2, 0.25) is 0 Å². The van der Waals surface area contributed by atoms with E-state index < -0.39 is 11.7 Å². The van der Waals surface area contributed by atoms with Crippen LogP contribution in [0.4, 0.5) is 14.9 Å². The molecule has 0 bridgehead atoms. The van der Waals surface area contributed by atoms with Crippen LogP contribution in [-0.4, -0.2) is 30.8 Å². The minimum Gasteiger partial charge on any atom is -0.444 e. The standard InChI is InChI=1S/C16H23FN2O2/c1-11-5-6-13(9-14(11)17)19-8-7-12(10-19)18-15(20)21-16(2,3)4/h5-6,9,12H,7-8,10H2,1-4H3,(H,18,20)/t12-/m1/s1. The number of hydrogen-bond donors (Lipinski definition) is 1. The van der Waals surface area contributed by atoms with Gasteiger partial charge in [-0.25, -0.2) is 9.18 Å². The predicted octanol–water partition coefficient (Wildman–Crippen LogP) is 3.24. The fraction of sp³-hybridized carbons (Fsp3) is 0.562. The third kappa shape index (κ3) is 4.34. The lowest BCUT2D eigenvalue weighted by Gasteiger charge is -2.22. The number of carbonyl (C=O) groups is 1. The summed E-state index contributed by atoms with van der Waals surface area (Å²) in [6, 6.07) is 5.27. The van der Waals surface area contributed by atoms with Crippen molar-refractivity contribution < 1.29 is 13.9 Å². The largest absolute Gasteiger partial charge is 0.444 e. The van der Waals surface area contributed by atoms with Gasteiger partial charge in [0.25, 0.3) is 0 Å². The Morgan fingerprint density at radius 1 is 1.43 bits per heavy atom. The number of amides is 1. The first-order valence-electron chi connectivity index (χ1n) is 7.25. The quantitative estimate of drug-likeness (QED) is 0.910. The molecule has 1 atom stereocenters. The second-order valence-corrected chi connectivity index (χ2v) is 6.51. The van der Waals surface area contributed by atoms with Gasteiger partial charge in [-0.05, 0) is 51.8 Å². The molecule has 1 aliphatic heterocycles. The lowest BCUT2D eigenvalue weighted by atomic mass is 10.2. The maximum absolute atomic E-state index is 13.6. The molecular formula is C16H23FN2O2. The van der Waals surface area contributed by atoms with Crippen molar-refractivity contribution in [2.45, 2.75) is 45.8 Å². The molecule has 1 N–H and O–H groups in total. The fourth-order valence-electron chi connectivity index (χ4n) is 2.37. The van der Waals surface area contributed by atoms with E-state index in [2.05, 4.69) is 10.2 Å². The van der Waals surface area contributed by atoms with E-state index in [-0.39, 0.29) is 11.9 Å². The first-order chi connectivity index (χ1) is 9.74. The zero-order chi connectivity index (χ0) is 15.6. The van der Waals surface area contributed by atoms with E-state index in [1.807, 2.05) is 26.8 Å². The third-order valence-corrected chi connectivity index (χ3v) is 3.43. The highest BCUT2D eigenvalue weighted by molar-refractivity contribution is 5.68. The van der Waals surface area contributed by atoms with Gasteiger partial charge < -0.3 is 15.0 Å². The van der Waals surface area contributed by atoms with Crippen LogP contribution in [0.1, 0.15) is 32.8 Å². The van der Waals surface area contributed by atoms with Gasteiger partial charge in [-0.3, -0.25) is 0 Å². The van der Waals surface area contributed by atoms with Gasteiger partial charge in [0.15, 0.2) is 0 Å². The van der Waals surface area contributed by atoms with E-state index >= 15 is 0 Å². The molecule has 0 radical (unpaired) electrons. The summed E-state index contributed by atoms with van der Waals surface area (Å²) in [5.41, 5.74) is 0.996. The Labute approximate surface area is 125 Å². The Bertz CT molecular complexity index is 525. The summed E-state index contributed by atoms with van der Waals surface area (Å²) in [7, 11) is 0. The predicted molar refractivity (Wildman–Crippen MR) is 81.1 cm³/mol. The van der Waals surface area contributed by atoms with Crippen molar-refractivity contribution in [3.63, 3.8) is 0 Å². The molecule has 21 heavy (non-hydrogen) atoms. The van der Waals surface area contributed by atoms with Crippen molar-refractivity contribution in [3.8, 4) is 0 Å². The number of hydrogen-bond acceptors (Lipinski definition) is 3. The highest BCUT2D eigenvalue weighted by Crippen LogP contribution is 2.23. The summed E-state index contributed by atoms with van der Waals surface area (Å²) in [5.74, 6) is -0.198. The zero-order valence-electron chi connectivity index (χ0n) is 13.1. The zero-order valence-corrected chi connectivity index (χ0v) is 13.1. The summed E-state index contributed by atoms with van der Waals surface area (Å²) in [6.07, 6.45) is 0.429. The minimum absolute atomic E-state index is 0.0317. The number of halogens is 1. The molecule has 1 aliphatic rings. The topological polar surface area (TPSA) is 41.6 Å². The van der Waals surface area contributed by atoms with Crippen molar-refractivity contribution >= 4 is 11.8 Å². The normalized spacial score (nSPS) is 18.7. The summed E-state index contributed by atoms with van der Waals surface area (Å²) in [6.45, 7) is 8.72. The molecule has 1 saturated heterocycles. The van der Waals surface area contributed by atoms with Gasteiger partial charge >= 0.3 is 6.09 Å². The van der Waals surface area contributed by atoms with Gasteiger partial charge in [-0.1, -0.05) is 6.07 Å². The minimum atomic E-state index is -0.498. The first-order valence-corrected chi connectivity index (χ1v) is 7.25. The maximum atomic E-state index is 13.6. The smallest absolute Gasteiger partial charge is 0.407 e. The molecule has 0 spiro atoms. The number of carbonyl (C=O) groups excluding carboxylic acids is 1. The Morgan fingerprint density at radius 2 is 2.14 bits per heavy atom. The Kier molecular flexibility index (Phi) is 4.40. The molecule has 1 amide bonds. The highest BCUT2D eigenvalue weighted by Gasteiger charge is 2.26. The number of ether oxygens (including phenoxy) is 1. The number of nitrogens with one attached hydrogen (secondary N) is 1. The molecule has 5 heteroatoms. The van der Waals surface area contributed by atoms with Crippen LogP contribution >= 0.6 is 0 Å². The number of aryl methyl sites for hydroxylation is 1. The summed E-state index contributed by atoms with van der Waals surface area (Å²) >= 11 is 0. The second-order valence-electron chi connectivity index (χ2n) is 6.51. The molecule has 0 unspecified atom stereocenters. The van der Waals surface area contributed by atoms with Crippen LogP contribution in [0.25, 0.3) is 0 Å². The van der Waals surface area contributed by atoms with Gasteiger partial charge in [0.05, 0.1) is 6.04 Å². The fourth-order valence-corrected chi connectivity index (χ4v) is 2.37. The number of anilines is 1. The molecule has 1 aromatic rings. The summed E-state index contributed by atoms with van der Waals surface area (Å²) in [4.78, 5) is 13.8. The average molecular weight is 294 g/mol. The molecular weight excluding hydrogens is 271 g/mol. The highest BCUT2D eigenvalue weighted by atomic mass is 19.1. The van der Waals surface area contributed by atoms with Gasteiger partial charge in [0.2, 0.25) is 0 Å². The first kappa shape index (κ1) is 15.6. The number of rotatable bonds is 2. The van der Waals surface area contributed by atoms with E-state index in [0.29, 0.717) is 12.1 Å². The van der Waals surface area contributed by atoms with Crippen molar-refractivity contribution in [1.29, 1.82) is 0 Å². The molecule has 1 aromatic carbocycles. The summed E-state index contributed by atoms with van der Waals surface area (Å²) in [5, 5.41) is 2.86. The number of benzene rings is 1.